The van der Waals surface area contributed by atoms with Gasteiger partial charge in [-0.15, -0.1) is 10.2 Å². The molecule has 3 aromatic carbocycles. The maximum Gasteiger partial charge on any atom is 0.278 e. The molecular weight excluding hydrogens is 711 g/mol. The number of aromatic nitrogens is 5. The second kappa shape index (κ2) is 14.4. The van der Waals surface area contributed by atoms with Crippen LogP contribution in [0, 0.1) is 12.7 Å². The Kier molecular flexibility index (Phi) is 9.86. The van der Waals surface area contributed by atoms with Crippen molar-refractivity contribution in [3.8, 4) is 22.9 Å². The molecule has 10 nitrogen and oxygen atoms in total. The van der Waals surface area contributed by atoms with Crippen LogP contribution in [0.2, 0.25) is 30.7 Å². The highest BCUT2D eigenvalue weighted by Gasteiger charge is 2.43. The van der Waals surface area contributed by atoms with Gasteiger partial charge in [0.2, 0.25) is 0 Å². The third kappa shape index (κ3) is 7.49. The van der Waals surface area contributed by atoms with Crippen LogP contribution in [0.15, 0.2) is 54.6 Å². The number of ether oxygens (including phenoxy) is 4. The first-order chi connectivity index (χ1) is 25.4. The number of likely N-dealkylation sites (tertiary alicyclic amines) is 1. The van der Waals surface area contributed by atoms with Gasteiger partial charge in [0.25, 0.3) is 5.79 Å². The van der Waals surface area contributed by atoms with Gasteiger partial charge in [0, 0.05) is 44.4 Å². The molecule has 5 aromatic rings. The Labute approximate surface area is 316 Å². The van der Waals surface area contributed by atoms with Crippen molar-refractivity contribution >= 4 is 30.7 Å². The summed E-state index contributed by atoms with van der Waals surface area (Å²) in [6.45, 7) is 16.1. The van der Waals surface area contributed by atoms with Gasteiger partial charge < -0.3 is 23.5 Å². The molecule has 2 fully saturated rings. The lowest BCUT2D eigenvalue weighted by Crippen LogP contribution is -2.35. The molecule has 0 saturated carbocycles. The molecule has 2 aromatic heterocycles. The SMILES string of the molecule is Cc1nnc(-c2ccc3c(c2)nc(CN2CCC(c4cccc5c4O[C@@](C)(c4ccc(Cl)cc4F)O5)CC2)n3C[C@@H]2CCO2)n1COCC[Si](C)(C)C. The largest absolute Gasteiger partial charge is 0.444 e. The minimum atomic E-state index is -1.27. The first-order valence-electron chi connectivity index (χ1n) is 18.7. The van der Waals surface area contributed by atoms with Crippen molar-refractivity contribution in [3.63, 3.8) is 0 Å². The number of fused-ring (bicyclic) bond motifs is 2. The van der Waals surface area contributed by atoms with Gasteiger partial charge in [0.1, 0.15) is 24.2 Å². The minimum Gasteiger partial charge on any atom is -0.444 e. The van der Waals surface area contributed by atoms with E-state index in [-0.39, 0.29) is 12.0 Å². The lowest BCUT2D eigenvalue weighted by atomic mass is 9.88. The number of imidazole rings is 1. The average Bonchev–Trinajstić information content (AvgIpc) is 3.76. The van der Waals surface area contributed by atoms with Gasteiger partial charge in [-0.05, 0) is 93.7 Å². The van der Waals surface area contributed by atoms with Gasteiger partial charge in [-0.2, -0.15) is 0 Å². The zero-order chi connectivity index (χ0) is 36.9. The van der Waals surface area contributed by atoms with Crippen LogP contribution in [-0.4, -0.2) is 69.7 Å². The molecule has 3 aliphatic heterocycles. The predicted octanol–water partition coefficient (Wildman–Crippen LogP) is 8.52. The van der Waals surface area contributed by atoms with E-state index in [1.54, 1.807) is 19.1 Å². The number of rotatable bonds is 12. The Morgan fingerprint density at radius 1 is 1.00 bits per heavy atom. The second-order valence-corrected chi connectivity index (χ2v) is 22.0. The van der Waals surface area contributed by atoms with Crippen molar-refractivity contribution in [3.05, 3.63) is 88.2 Å². The fraction of sp³-hybridized carbons (Fsp3) is 0.475. The van der Waals surface area contributed by atoms with Gasteiger partial charge in [-0.3, -0.25) is 9.47 Å². The van der Waals surface area contributed by atoms with Crippen LogP contribution in [0.5, 0.6) is 11.5 Å². The topological polar surface area (TPSA) is 88.7 Å². The van der Waals surface area contributed by atoms with E-state index in [0.29, 0.717) is 28.8 Å². The number of hydrogen-bond donors (Lipinski definition) is 0. The molecule has 3 aliphatic rings. The van der Waals surface area contributed by atoms with Gasteiger partial charge in [-0.1, -0.05) is 43.4 Å². The van der Waals surface area contributed by atoms with Crippen LogP contribution >= 0.6 is 11.6 Å². The molecule has 280 valence electrons. The first-order valence-corrected chi connectivity index (χ1v) is 22.8. The number of aryl methyl sites for hydroxylation is 1. The molecule has 0 spiro atoms. The molecule has 0 unspecified atom stereocenters. The fourth-order valence-corrected chi connectivity index (χ4v) is 8.51. The van der Waals surface area contributed by atoms with Gasteiger partial charge in [0.15, 0.2) is 17.3 Å². The molecule has 0 aliphatic carbocycles. The van der Waals surface area contributed by atoms with Crippen molar-refractivity contribution in [2.75, 3.05) is 26.3 Å². The summed E-state index contributed by atoms with van der Waals surface area (Å²) < 4.78 is 44.0. The Morgan fingerprint density at radius 2 is 1.81 bits per heavy atom. The zero-order valence-electron chi connectivity index (χ0n) is 31.2. The molecule has 5 heterocycles. The summed E-state index contributed by atoms with van der Waals surface area (Å²) in [7, 11) is -1.18. The van der Waals surface area contributed by atoms with Crippen molar-refractivity contribution in [1.29, 1.82) is 0 Å². The molecule has 0 amide bonds. The highest BCUT2D eigenvalue weighted by Crippen LogP contribution is 2.50. The Bertz CT molecular complexity index is 2120. The van der Waals surface area contributed by atoms with Crippen molar-refractivity contribution in [2.45, 2.75) is 96.4 Å². The summed E-state index contributed by atoms with van der Waals surface area (Å²) in [5.74, 6) is 2.55. The molecule has 8 rings (SSSR count). The van der Waals surface area contributed by atoms with Crippen LogP contribution in [0.25, 0.3) is 22.4 Å². The predicted molar refractivity (Wildman–Crippen MR) is 206 cm³/mol. The maximum atomic E-state index is 15.0. The molecule has 0 radical (unpaired) electrons. The van der Waals surface area contributed by atoms with E-state index in [0.717, 1.165) is 104 Å². The Morgan fingerprint density at radius 3 is 2.55 bits per heavy atom. The average molecular weight is 759 g/mol. The number of benzene rings is 3. The number of piperidine rings is 1. The van der Waals surface area contributed by atoms with E-state index < -0.39 is 19.7 Å². The summed E-state index contributed by atoms with van der Waals surface area (Å²) >= 11 is 6.03. The summed E-state index contributed by atoms with van der Waals surface area (Å²) in [6.07, 6.45) is 3.16. The zero-order valence-corrected chi connectivity index (χ0v) is 33.0. The summed E-state index contributed by atoms with van der Waals surface area (Å²) in [5, 5.41) is 9.26. The molecule has 0 bridgehead atoms. The lowest BCUT2D eigenvalue weighted by Gasteiger charge is -2.33. The van der Waals surface area contributed by atoms with E-state index in [9.17, 15) is 4.39 Å². The smallest absolute Gasteiger partial charge is 0.278 e. The van der Waals surface area contributed by atoms with Crippen LogP contribution in [0.3, 0.4) is 0 Å². The van der Waals surface area contributed by atoms with Crippen LogP contribution in [-0.2, 0) is 35.1 Å². The van der Waals surface area contributed by atoms with Crippen LogP contribution < -0.4 is 9.47 Å². The van der Waals surface area contributed by atoms with E-state index in [1.165, 1.54) is 6.07 Å². The number of halogens is 2. The van der Waals surface area contributed by atoms with Gasteiger partial charge in [-0.25, -0.2) is 9.37 Å². The van der Waals surface area contributed by atoms with E-state index in [2.05, 4.69) is 63.6 Å². The number of para-hydroxylation sites is 1. The molecule has 13 heteroatoms. The highest BCUT2D eigenvalue weighted by atomic mass is 35.5. The van der Waals surface area contributed by atoms with Gasteiger partial charge in [0.05, 0.1) is 35.8 Å². The quantitative estimate of drug-likeness (QED) is 0.0925. The van der Waals surface area contributed by atoms with E-state index in [1.807, 2.05) is 23.6 Å². The number of hydrogen-bond acceptors (Lipinski definition) is 8. The molecule has 2 saturated heterocycles. The van der Waals surface area contributed by atoms with Crippen molar-refractivity contribution < 1.29 is 23.3 Å². The van der Waals surface area contributed by atoms with E-state index in [4.69, 9.17) is 35.5 Å². The standard InChI is InChI=1S/C40H48ClFN6O4Si/c1-26-44-45-39(48(26)25-49-19-20-53(3,4)5)28-9-12-35-34(21-28)43-37(47(35)23-30-15-18-50-30)24-46-16-13-27(14-17-46)31-7-6-8-36-38(31)52-40(2,51-36)32-11-10-29(41)22-33(32)42/h6-12,21-22,27,30H,13-20,23-25H2,1-5H3/t30-,40-/m0/s1. The fourth-order valence-electron chi connectivity index (χ4n) is 7.60. The molecule has 0 N–H and O–H groups in total. The van der Waals surface area contributed by atoms with Gasteiger partial charge >= 0.3 is 0 Å². The third-order valence-electron chi connectivity index (χ3n) is 10.8. The van der Waals surface area contributed by atoms with E-state index >= 15 is 0 Å². The second-order valence-electron chi connectivity index (χ2n) is 16.0. The monoisotopic (exact) mass is 758 g/mol. The molecule has 2 atom stereocenters. The summed E-state index contributed by atoms with van der Waals surface area (Å²) in [5.41, 5.74) is 4.43. The minimum absolute atomic E-state index is 0.199. The molecular formula is C40H48ClFN6O4Si. The Hall–Kier alpha value is -3.81. The summed E-state index contributed by atoms with van der Waals surface area (Å²) in [6, 6.07) is 18.1. The van der Waals surface area contributed by atoms with Crippen LogP contribution in [0.1, 0.15) is 54.9 Å². The number of nitrogens with zero attached hydrogens (tertiary/aromatic N) is 6. The molecule has 53 heavy (non-hydrogen) atoms. The van der Waals surface area contributed by atoms with Crippen molar-refractivity contribution in [1.82, 2.24) is 29.2 Å². The normalized spacial score (nSPS) is 20.7. The Balaban J connectivity index is 0.980. The van der Waals surface area contributed by atoms with Crippen LogP contribution in [0.4, 0.5) is 4.39 Å². The van der Waals surface area contributed by atoms with Crippen molar-refractivity contribution in [2.24, 2.45) is 0 Å². The highest BCUT2D eigenvalue weighted by molar-refractivity contribution is 6.76. The maximum absolute atomic E-state index is 15.0. The third-order valence-corrected chi connectivity index (χ3v) is 12.8. The first kappa shape index (κ1) is 36.2. The lowest BCUT2D eigenvalue weighted by molar-refractivity contribution is -0.0712. The summed E-state index contributed by atoms with van der Waals surface area (Å²) in [4.78, 5) is 7.72.